The van der Waals surface area contributed by atoms with Gasteiger partial charge >= 0.3 is 0 Å². The molecule has 0 radical (unpaired) electrons. The van der Waals surface area contributed by atoms with Gasteiger partial charge in [-0.15, -0.1) is 0 Å². The summed E-state index contributed by atoms with van der Waals surface area (Å²) >= 11 is 0. The van der Waals surface area contributed by atoms with Crippen molar-refractivity contribution in [3.63, 3.8) is 0 Å². The summed E-state index contributed by atoms with van der Waals surface area (Å²) in [5.41, 5.74) is 1.63. The van der Waals surface area contributed by atoms with Gasteiger partial charge in [-0.05, 0) is 37.6 Å². The summed E-state index contributed by atoms with van der Waals surface area (Å²) in [5, 5.41) is 3.29. The van der Waals surface area contributed by atoms with Gasteiger partial charge in [-0.25, -0.2) is 4.98 Å². The Labute approximate surface area is 165 Å². The predicted molar refractivity (Wildman–Crippen MR) is 111 cm³/mol. The quantitative estimate of drug-likeness (QED) is 0.665. The van der Waals surface area contributed by atoms with Crippen molar-refractivity contribution in [2.24, 2.45) is 0 Å². The maximum absolute atomic E-state index is 13.1. The van der Waals surface area contributed by atoms with Crippen molar-refractivity contribution in [3.05, 3.63) is 78.0 Å². The smallest absolute Gasteiger partial charge is 0.263 e. The zero-order chi connectivity index (χ0) is 19.9. The number of hydrogen-bond donors (Lipinski definition) is 1. The summed E-state index contributed by atoms with van der Waals surface area (Å²) in [6.07, 6.45) is 1.65. The molecule has 1 amide bonds. The lowest BCUT2D eigenvalue weighted by molar-refractivity contribution is 0.0984. The molecule has 0 aliphatic rings. The number of ether oxygens (including phenoxy) is 1. The van der Waals surface area contributed by atoms with Gasteiger partial charge in [0.05, 0.1) is 18.7 Å². The minimum absolute atomic E-state index is 0.0384. The van der Waals surface area contributed by atoms with Gasteiger partial charge in [-0.3, -0.25) is 9.69 Å². The lowest BCUT2D eigenvalue weighted by atomic mass is 10.1. The maximum Gasteiger partial charge on any atom is 0.263 e. The van der Waals surface area contributed by atoms with E-state index in [0.29, 0.717) is 29.6 Å². The molecule has 1 N–H and O–H groups in total. The Morgan fingerprint density at radius 2 is 1.82 bits per heavy atom. The van der Waals surface area contributed by atoms with E-state index in [1.54, 1.807) is 36.4 Å². The lowest BCUT2D eigenvalue weighted by Crippen LogP contribution is -2.32. The first-order valence-electron chi connectivity index (χ1n) is 9.23. The van der Waals surface area contributed by atoms with Gasteiger partial charge in [-0.2, -0.15) is 4.98 Å². The summed E-state index contributed by atoms with van der Waals surface area (Å²) in [7, 11) is 1.56. The third-order valence-corrected chi connectivity index (χ3v) is 4.46. The second-order valence-electron chi connectivity index (χ2n) is 6.26. The van der Waals surface area contributed by atoms with Crippen LogP contribution in [0.25, 0.3) is 0 Å². The summed E-state index contributed by atoms with van der Waals surface area (Å²) in [5.74, 6) is 1.38. The molecule has 0 saturated heterocycles. The Kier molecular flexibility index (Phi) is 6.22. The van der Waals surface area contributed by atoms with Crippen LogP contribution in [0.5, 0.6) is 5.75 Å². The number of benzene rings is 2. The first-order chi connectivity index (χ1) is 13.6. The van der Waals surface area contributed by atoms with Crippen molar-refractivity contribution in [1.82, 2.24) is 9.97 Å². The van der Waals surface area contributed by atoms with Crippen LogP contribution in [0.4, 0.5) is 11.8 Å². The molecule has 0 fully saturated rings. The fourth-order valence-corrected chi connectivity index (χ4v) is 2.96. The van der Waals surface area contributed by atoms with Crippen molar-refractivity contribution in [1.29, 1.82) is 0 Å². The average Bonchev–Trinajstić information content (AvgIpc) is 2.75. The number of hydrogen-bond acceptors (Lipinski definition) is 5. The van der Waals surface area contributed by atoms with Gasteiger partial charge < -0.3 is 10.1 Å². The van der Waals surface area contributed by atoms with E-state index in [2.05, 4.69) is 15.3 Å². The minimum atomic E-state index is -0.166. The number of carbonyl (C=O) groups excluding carboxylic acids is 1. The molecule has 28 heavy (non-hydrogen) atoms. The molecule has 0 bridgehead atoms. The number of nitrogens with zero attached hydrogens (tertiary/aromatic N) is 3. The maximum atomic E-state index is 13.1. The highest BCUT2D eigenvalue weighted by atomic mass is 16.5. The van der Waals surface area contributed by atoms with Crippen LogP contribution in [-0.4, -0.2) is 29.5 Å². The first-order valence-corrected chi connectivity index (χ1v) is 9.23. The summed E-state index contributed by atoms with van der Waals surface area (Å²) < 4.78 is 5.33. The largest absolute Gasteiger partial charge is 0.496 e. The van der Waals surface area contributed by atoms with Crippen molar-refractivity contribution in [2.75, 3.05) is 23.9 Å². The minimum Gasteiger partial charge on any atom is -0.496 e. The molecule has 144 valence electrons. The molecule has 2 aromatic carbocycles. The lowest BCUT2D eigenvalue weighted by Gasteiger charge is -2.22. The summed E-state index contributed by atoms with van der Waals surface area (Å²) in [4.78, 5) is 23.5. The van der Waals surface area contributed by atoms with Crippen LogP contribution in [0.2, 0.25) is 0 Å². The number of para-hydroxylation sites is 1. The average molecular weight is 376 g/mol. The summed E-state index contributed by atoms with van der Waals surface area (Å²) in [6, 6.07) is 19.0. The van der Waals surface area contributed by atoms with E-state index in [0.717, 1.165) is 5.56 Å². The second kappa shape index (κ2) is 8.99. The van der Waals surface area contributed by atoms with Crippen molar-refractivity contribution < 1.29 is 9.53 Å². The van der Waals surface area contributed by atoms with E-state index in [1.807, 2.05) is 56.3 Å². The van der Waals surface area contributed by atoms with E-state index >= 15 is 0 Å². The van der Waals surface area contributed by atoms with Gasteiger partial charge in [0.15, 0.2) is 0 Å². The molecular weight excluding hydrogens is 352 g/mol. The molecule has 0 aliphatic heterocycles. The molecule has 0 spiro atoms. The number of methoxy groups -OCH3 is 1. The predicted octanol–water partition coefficient (Wildman–Crippen LogP) is 4.33. The molecular formula is C22H24N4O2. The molecule has 1 atom stereocenters. The molecule has 0 saturated carbocycles. The number of aromatic nitrogens is 2. The zero-order valence-electron chi connectivity index (χ0n) is 16.3. The van der Waals surface area contributed by atoms with Crippen molar-refractivity contribution in [3.8, 4) is 5.75 Å². The van der Waals surface area contributed by atoms with E-state index in [4.69, 9.17) is 4.74 Å². The SMILES string of the molecule is CCN(C(=O)c1ccccc1OC)c1ccnc(N[C@@H](C)c2ccccc2)n1. The van der Waals surface area contributed by atoms with Gasteiger partial charge in [0.2, 0.25) is 5.95 Å². The van der Waals surface area contributed by atoms with Gasteiger partial charge in [0.25, 0.3) is 5.91 Å². The number of rotatable bonds is 7. The first kappa shape index (κ1) is 19.4. The fourth-order valence-electron chi connectivity index (χ4n) is 2.96. The normalized spacial score (nSPS) is 11.5. The summed E-state index contributed by atoms with van der Waals surface area (Å²) in [6.45, 7) is 4.43. The molecule has 3 rings (SSSR count). The molecule has 6 heteroatoms. The van der Waals surface area contributed by atoms with Crippen LogP contribution in [0.15, 0.2) is 66.9 Å². The number of amides is 1. The van der Waals surface area contributed by atoms with E-state index < -0.39 is 0 Å². The Morgan fingerprint density at radius 3 is 2.54 bits per heavy atom. The second-order valence-corrected chi connectivity index (χ2v) is 6.26. The molecule has 1 heterocycles. The number of carbonyl (C=O) groups is 1. The van der Waals surface area contributed by atoms with Crippen molar-refractivity contribution >= 4 is 17.7 Å². The highest BCUT2D eigenvalue weighted by Crippen LogP contribution is 2.23. The number of anilines is 2. The Balaban J connectivity index is 1.84. The topological polar surface area (TPSA) is 67.4 Å². The molecule has 0 unspecified atom stereocenters. The van der Waals surface area contributed by atoms with Crippen LogP contribution >= 0.6 is 0 Å². The fraction of sp³-hybridized carbons (Fsp3) is 0.227. The number of nitrogens with one attached hydrogen (secondary N) is 1. The standard InChI is InChI=1S/C22H24N4O2/c1-4-26(21(27)18-12-8-9-13-19(18)28-3)20-14-15-23-22(25-20)24-16(2)17-10-6-5-7-11-17/h5-16H,4H2,1-3H3,(H,23,24,25)/t16-/m0/s1. The van der Waals surface area contributed by atoms with Crippen molar-refractivity contribution in [2.45, 2.75) is 19.9 Å². The van der Waals surface area contributed by atoms with E-state index in [1.165, 1.54) is 0 Å². The van der Waals surface area contributed by atoms with Crippen LogP contribution in [0.3, 0.4) is 0 Å². The van der Waals surface area contributed by atoms with Crippen LogP contribution in [0, 0.1) is 0 Å². The molecule has 0 aliphatic carbocycles. The molecule has 1 aromatic heterocycles. The third-order valence-electron chi connectivity index (χ3n) is 4.46. The molecule has 3 aromatic rings. The highest BCUT2D eigenvalue weighted by Gasteiger charge is 2.21. The van der Waals surface area contributed by atoms with Crippen LogP contribution in [-0.2, 0) is 0 Å². The molecule has 6 nitrogen and oxygen atoms in total. The van der Waals surface area contributed by atoms with E-state index in [9.17, 15) is 4.79 Å². The Morgan fingerprint density at radius 1 is 1.11 bits per heavy atom. The Bertz CT molecular complexity index is 931. The zero-order valence-corrected chi connectivity index (χ0v) is 16.3. The Hall–Kier alpha value is -3.41. The van der Waals surface area contributed by atoms with Gasteiger partial charge in [0, 0.05) is 12.7 Å². The monoisotopic (exact) mass is 376 g/mol. The van der Waals surface area contributed by atoms with E-state index in [-0.39, 0.29) is 11.9 Å². The third kappa shape index (κ3) is 4.28. The van der Waals surface area contributed by atoms with Gasteiger partial charge in [0.1, 0.15) is 11.6 Å². The highest BCUT2D eigenvalue weighted by molar-refractivity contribution is 6.07. The van der Waals surface area contributed by atoms with Gasteiger partial charge in [-0.1, -0.05) is 42.5 Å². The van der Waals surface area contributed by atoms with Crippen LogP contribution < -0.4 is 15.0 Å². The van der Waals surface area contributed by atoms with Crippen LogP contribution in [0.1, 0.15) is 35.8 Å².